The van der Waals surface area contributed by atoms with Crippen LogP contribution in [-0.2, 0) is 0 Å². The molecular weight excluding hydrogens is 124 g/mol. The topological polar surface area (TPSA) is 27.1 Å². The number of hydrogen-bond acceptors (Lipinski definition) is 2. The van der Waals surface area contributed by atoms with Gasteiger partial charge in [0, 0.05) is 18.3 Å². The molecule has 2 nitrogen and oxygen atoms in total. The molecule has 0 aliphatic carbocycles. The maximum Gasteiger partial charge on any atom is 0.0451 e. The monoisotopic (exact) mass is 138 g/mol. The zero-order valence-corrected chi connectivity index (χ0v) is 6.59. The summed E-state index contributed by atoms with van der Waals surface area (Å²) in [6.07, 6.45) is 5.05. The van der Waals surface area contributed by atoms with E-state index < -0.39 is 0 Å². The van der Waals surface area contributed by atoms with Crippen LogP contribution in [0.15, 0.2) is 12.2 Å². The number of nitrogens with one attached hydrogen (secondary N) is 1. The Labute approximate surface area is 62.0 Å². The molecule has 0 aromatic heterocycles. The van der Waals surface area contributed by atoms with Gasteiger partial charge in [0.2, 0.25) is 0 Å². The Morgan fingerprint density at radius 3 is 3.10 bits per heavy atom. The zero-order chi connectivity index (χ0) is 7.56. The van der Waals surface area contributed by atoms with Crippen LogP contribution < -0.4 is 0 Å². The molecule has 0 radical (unpaired) electrons. The van der Waals surface area contributed by atoms with Crippen LogP contribution >= 0.6 is 0 Å². The smallest absolute Gasteiger partial charge is 0.0451 e. The van der Waals surface area contributed by atoms with E-state index in [1.165, 1.54) is 0 Å². The Balaban J connectivity index is 2.60. The number of nitrogens with zero attached hydrogens (tertiary/aromatic N) is 1. The summed E-state index contributed by atoms with van der Waals surface area (Å²) >= 11 is 0. The van der Waals surface area contributed by atoms with Crippen molar-refractivity contribution in [2.45, 2.75) is 19.4 Å². The van der Waals surface area contributed by atoms with E-state index in [-0.39, 0.29) is 0 Å². The van der Waals surface area contributed by atoms with Crippen LogP contribution in [0.1, 0.15) is 13.3 Å². The van der Waals surface area contributed by atoms with Crippen LogP contribution in [0.4, 0.5) is 0 Å². The van der Waals surface area contributed by atoms with Crippen molar-refractivity contribution in [1.29, 1.82) is 5.41 Å². The van der Waals surface area contributed by atoms with Crippen LogP contribution in [0.5, 0.6) is 0 Å². The third-order valence-corrected chi connectivity index (χ3v) is 1.97. The Hall–Kier alpha value is -0.630. The van der Waals surface area contributed by atoms with Gasteiger partial charge >= 0.3 is 0 Å². The highest BCUT2D eigenvalue weighted by molar-refractivity contribution is 5.94. The Morgan fingerprint density at radius 1 is 1.70 bits per heavy atom. The zero-order valence-electron chi connectivity index (χ0n) is 6.59. The molecule has 0 fully saturated rings. The third-order valence-electron chi connectivity index (χ3n) is 1.97. The van der Waals surface area contributed by atoms with Crippen molar-refractivity contribution in [3.05, 3.63) is 12.2 Å². The van der Waals surface area contributed by atoms with Crippen molar-refractivity contribution in [3.63, 3.8) is 0 Å². The summed E-state index contributed by atoms with van der Waals surface area (Å²) in [4.78, 5) is 2.20. The van der Waals surface area contributed by atoms with Crippen molar-refractivity contribution in [2.24, 2.45) is 0 Å². The first-order valence-corrected chi connectivity index (χ1v) is 3.64. The van der Waals surface area contributed by atoms with E-state index in [1.54, 1.807) is 0 Å². The molecule has 0 bridgehead atoms. The van der Waals surface area contributed by atoms with Crippen LogP contribution in [0, 0.1) is 5.41 Å². The number of hydrogen-bond donors (Lipinski definition) is 1. The molecule has 10 heavy (non-hydrogen) atoms. The molecule has 1 atom stereocenters. The highest BCUT2D eigenvalue weighted by Crippen LogP contribution is 2.05. The lowest BCUT2D eigenvalue weighted by Gasteiger charge is -2.20. The van der Waals surface area contributed by atoms with Gasteiger partial charge in [-0.05, 0) is 26.5 Å². The van der Waals surface area contributed by atoms with E-state index in [4.69, 9.17) is 5.41 Å². The molecule has 0 spiro atoms. The van der Waals surface area contributed by atoms with E-state index >= 15 is 0 Å². The summed E-state index contributed by atoms with van der Waals surface area (Å²) in [6.45, 7) is 2.97. The maximum atomic E-state index is 7.42. The molecule has 0 saturated heterocycles. The first-order chi connectivity index (χ1) is 4.70. The fourth-order valence-corrected chi connectivity index (χ4v) is 1.06. The van der Waals surface area contributed by atoms with E-state index in [1.807, 2.05) is 6.08 Å². The molecular formula is C8H14N2. The first kappa shape index (κ1) is 7.48. The molecule has 1 heterocycles. The molecule has 0 aromatic carbocycles. The van der Waals surface area contributed by atoms with E-state index in [0.717, 1.165) is 13.0 Å². The van der Waals surface area contributed by atoms with Crippen LogP contribution in [0.25, 0.3) is 0 Å². The second-order valence-corrected chi connectivity index (χ2v) is 2.93. The predicted molar refractivity (Wildman–Crippen MR) is 43.6 cm³/mol. The first-order valence-electron chi connectivity index (χ1n) is 3.64. The molecule has 56 valence electrons. The van der Waals surface area contributed by atoms with E-state index in [9.17, 15) is 0 Å². The summed E-state index contributed by atoms with van der Waals surface area (Å²) in [6, 6.07) is 0.582. The minimum absolute atomic E-state index is 0.582. The van der Waals surface area contributed by atoms with E-state index in [0.29, 0.717) is 11.8 Å². The summed E-state index contributed by atoms with van der Waals surface area (Å²) in [5.74, 6) is 0. The highest BCUT2D eigenvalue weighted by Gasteiger charge is 2.10. The second-order valence-electron chi connectivity index (χ2n) is 2.93. The van der Waals surface area contributed by atoms with Gasteiger partial charge in [0.1, 0.15) is 0 Å². The Kier molecular flexibility index (Phi) is 2.22. The summed E-state index contributed by atoms with van der Waals surface area (Å²) in [7, 11) is 2.06. The average Bonchev–Trinajstić information content (AvgIpc) is 1.96. The predicted octanol–water partition coefficient (Wildman–Crippen LogP) is 1.29. The van der Waals surface area contributed by atoms with Crippen molar-refractivity contribution in [1.82, 2.24) is 4.90 Å². The van der Waals surface area contributed by atoms with Gasteiger partial charge in [0.25, 0.3) is 0 Å². The normalized spacial score (nSPS) is 28.6. The maximum absolute atomic E-state index is 7.42. The standard InChI is InChI=1S/C8H14N2/c1-7-4-3-5-8(9)6-10(7)2/h3,5,7,9H,4,6H2,1-2H3. The molecule has 0 aromatic rings. The molecule has 1 rings (SSSR count). The molecule has 0 amide bonds. The Morgan fingerprint density at radius 2 is 2.40 bits per heavy atom. The Bertz CT molecular complexity index is 161. The van der Waals surface area contributed by atoms with Crippen molar-refractivity contribution >= 4 is 5.71 Å². The highest BCUT2D eigenvalue weighted by atomic mass is 15.1. The van der Waals surface area contributed by atoms with Gasteiger partial charge in [-0.1, -0.05) is 6.08 Å². The van der Waals surface area contributed by atoms with Crippen LogP contribution in [0.3, 0.4) is 0 Å². The quantitative estimate of drug-likeness (QED) is 0.536. The second kappa shape index (κ2) is 2.97. The molecule has 2 heteroatoms. The van der Waals surface area contributed by atoms with Gasteiger partial charge in [0.05, 0.1) is 0 Å². The van der Waals surface area contributed by atoms with Crippen molar-refractivity contribution in [2.75, 3.05) is 13.6 Å². The third kappa shape index (κ3) is 1.67. The van der Waals surface area contributed by atoms with Gasteiger partial charge in [-0.15, -0.1) is 0 Å². The molecule has 1 aliphatic heterocycles. The van der Waals surface area contributed by atoms with Gasteiger partial charge in [-0.25, -0.2) is 0 Å². The minimum atomic E-state index is 0.582. The van der Waals surface area contributed by atoms with Crippen molar-refractivity contribution in [3.8, 4) is 0 Å². The summed E-state index contributed by atoms with van der Waals surface area (Å²) in [5.41, 5.74) is 0.715. The largest absolute Gasteiger partial charge is 0.304 e. The molecule has 1 unspecified atom stereocenters. The van der Waals surface area contributed by atoms with Crippen molar-refractivity contribution < 1.29 is 0 Å². The lowest BCUT2D eigenvalue weighted by atomic mass is 10.2. The fourth-order valence-electron chi connectivity index (χ4n) is 1.06. The molecule has 1 N–H and O–H groups in total. The van der Waals surface area contributed by atoms with Gasteiger partial charge < -0.3 is 5.41 Å². The van der Waals surface area contributed by atoms with Crippen LogP contribution in [-0.4, -0.2) is 30.2 Å². The lowest BCUT2D eigenvalue weighted by molar-refractivity contribution is 0.297. The number of rotatable bonds is 0. The minimum Gasteiger partial charge on any atom is -0.304 e. The molecule has 1 aliphatic rings. The van der Waals surface area contributed by atoms with Crippen LogP contribution in [0.2, 0.25) is 0 Å². The summed E-state index contributed by atoms with van der Waals surface area (Å²) in [5, 5.41) is 7.42. The van der Waals surface area contributed by atoms with Gasteiger partial charge in [-0.3, -0.25) is 4.90 Å². The van der Waals surface area contributed by atoms with Gasteiger partial charge in [-0.2, -0.15) is 0 Å². The fraction of sp³-hybridized carbons (Fsp3) is 0.625. The lowest BCUT2D eigenvalue weighted by Crippen LogP contribution is -2.31. The summed E-state index contributed by atoms with van der Waals surface area (Å²) < 4.78 is 0. The SMILES string of the molecule is CC1CC=CC(=N)CN1C. The van der Waals surface area contributed by atoms with E-state index in [2.05, 4.69) is 24.9 Å². The average molecular weight is 138 g/mol. The molecule has 0 saturated carbocycles. The van der Waals surface area contributed by atoms with Gasteiger partial charge in [0.15, 0.2) is 0 Å².